The minimum atomic E-state index is -0.743. The molecule has 3 rings (SSSR count). The largest absolute Gasteiger partial charge is 0.360 e. The van der Waals surface area contributed by atoms with E-state index >= 15 is 0 Å². The smallest absolute Gasteiger partial charge is 0.329 e. The third-order valence-electron chi connectivity index (χ3n) is 5.54. The molecule has 0 aliphatic carbocycles. The van der Waals surface area contributed by atoms with Gasteiger partial charge in [-0.05, 0) is 37.8 Å². The second-order valence-corrected chi connectivity index (χ2v) is 8.16. The number of anilines is 1. The molecule has 26 heavy (non-hydrogen) atoms. The van der Waals surface area contributed by atoms with Crippen LogP contribution in [0.15, 0.2) is 30.3 Å². The fourth-order valence-corrected chi connectivity index (χ4v) is 3.74. The lowest BCUT2D eigenvalue weighted by atomic mass is 9.92. The maximum absolute atomic E-state index is 12.8. The summed E-state index contributed by atoms with van der Waals surface area (Å²) in [5.74, 6) is 0.448. The minimum Gasteiger partial charge on any atom is -0.360 e. The van der Waals surface area contributed by atoms with E-state index in [-0.39, 0.29) is 11.9 Å². The van der Waals surface area contributed by atoms with Crippen molar-refractivity contribution in [1.29, 1.82) is 0 Å². The molecule has 142 valence electrons. The summed E-state index contributed by atoms with van der Waals surface area (Å²) in [6.45, 7) is 10.3. The molecule has 0 bridgehead atoms. The molecule has 2 aliphatic heterocycles. The molecule has 0 spiro atoms. The number of nitrogens with one attached hydrogen (secondary N) is 2. The highest BCUT2D eigenvalue weighted by Gasteiger charge is 2.48. The molecule has 0 radical (unpaired) electrons. The van der Waals surface area contributed by atoms with Gasteiger partial charge in [0.2, 0.25) is 0 Å². The molecule has 2 aliphatic rings. The second-order valence-electron chi connectivity index (χ2n) is 8.16. The van der Waals surface area contributed by atoms with Crippen molar-refractivity contribution >= 4 is 17.6 Å². The summed E-state index contributed by atoms with van der Waals surface area (Å²) in [7, 11) is 0. The van der Waals surface area contributed by atoms with Crippen LogP contribution >= 0.6 is 0 Å². The number of hydrogen-bond donors (Lipinski definition) is 2. The summed E-state index contributed by atoms with van der Waals surface area (Å²) < 4.78 is 0. The van der Waals surface area contributed by atoms with Gasteiger partial charge in [0.1, 0.15) is 5.54 Å². The summed E-state index contributed by atoms with van der Waals surface area (Å²) >= 11 is 0. The summed E-state index contributed by atoms with van der Waals surface area (Å²) in [6, 6.07) is 10.2. The Balaban J connectivity index is 1.55. The Labute approximate surface area is 156 Å². The van der Waals surface area contributed by atoms with Crippen molar-refractivity contribution in [3.63, 3.8) is 0 Å². The van der Waals surface area contributed by atoms with Crippen LogP contribution < -0.4 is 15.1 Å². The molecule has 1 atom stereocenters. The number of hydrogen-bond acceptors (Lipinski definition) is 3. The molecule has 1 aromatic carbocycles. The predicted molar refractivity (Wildman–Crippen MR) is 102 cm³/mol. The molecule has 0 aromatic heterocycles. The normalized spacial score (nSPS) is 24.5. The number of quaternary nitrogens is 1. The number of nitrogens with zero attached hydrogens (tertiary/aromatic N) is 2. The molecule has 2 saturated heterocycles. The quantitative estimate of drug-likeness (QED) is 0.748. The summed E-state index contributed by atoms with van der Waals surface area (Å²) in [4.78, 5) is 30.3. The van der Waals surface area contributed by atoms with Crippen molar-refractivity contribution in [2.24, 2.45) is 5.92 Å². The van der Waals surface area contributed by atoms with Crippen molar-refractivity contribution in [2.75, 3.05) is 37.7 Å². The molecule has 0 saturated carbocycles. The van der Waals surface area contributed by atoms with E-state index in [0.29, 0.717) is 19.0 Å². The lowest BCUT2D eigenvalue weighted by molar-refractivity contribution is -0.907. The number of carbonyl (C=O) groups excluding carboxylic acids is 2. The van der Waals surface area contributed by atoms with Gasteiger partial charge < -0.3 is 15.1 Å². The highest BCUT2D eigenvalue weighted by atomic mass is 16.2. The Kier molecular flexibility index (Phi) is 5.51. The van der Waals surface area contributed by atoms with E-state index in [2.05, 4.69) is 48.3 Å². The van der Waals surface area contributed by atoms with Gasteiger partial charge in [-0.25, -0.2) is 9.69 Å². The van der Waals surface area contributed by atoms with Crippen molar-refractivity contribution < 1.29 is 14.5 Å². The van der Waals surface area contributed by atoms with Crippen LogP contribution in [0.4, 0.5) is 10.5 Å². The van der Waals surface area contributed by atoms with Crippen molar-refractivity contribution in [3.8, 4) is 0 Å². The van der Waals surface area contributed by atoms with Gasteiger partial charge in [-0.15, -0.1) is 0 Å². The van der Waals surface area contributed by atoms with E-state index in [1.807, 2.05) is 13.0 Å². The van der Waals surface area contributed by atoms with Gasteiger partial charge in [-0.1, -0.05) is 32.0 Å². The third kappa shape index (κ3) is 4.01. The Morgan fingerprint density at radius 1 is 1.15 bits per heavy atom. The first-order chi connectivity index (χ1) is 12.4. The maximum atomic E-state index is 12.8. The molecule has 2 fully saturated rings. The van der Waals surface area contributed by atoms with Gasteiger partial charge in [-0.2, -0.15) is 0 Å². The first kappa shape index (κ1) is 18.7. The van der Waals surface area contributed by atoms with Crippen LogP contribution in [0.1, 0.15) is 33.6 Å². The predicted octanol–water partition coefficient (Wildman–Crippen LogP) is 1.10. The van der Waals surface area contributed by atoms with Crippen LogP contribution in [0, 0.1) is 5.92 Å². The molecular formula is C20H31N4O2+. The summed E-state index contributed by atoms with van der Waals surface area (Å²) in [6.07, 6.45) is 1.63. The standard InChI is InChI=1S/C20H30N4O2/c1-16(2)9-10-20(3)18(25)24(19(26)21-20)15-22-11-13-23(14-12-22)17-7-5-4-6-8-17/h4-8,16H,9-15H2,1-3H3,(H,21,26)/p+1/t20-/m0/s1. The van der Waals surface area contributed by atoms with E-state index in [0.717, 1.165) is 32.6 Å². The minimum absolute atomic E-state index is 0.0684. The van der Waals surface area contributed by atoms with Gasteiger partial charge in [0.05, 0.1) is 26.2 Å². The summed E-state index contributed by atoms with van der Waals surface area (Å²) in [5.41, 5.74) is 0.495. The Bertz CT molecular complexity index is 640. The lowest BCUT2D eigenvalue weighted by Crippen LogP contribution is -3.16. The van der Waals surface area contributed by atoms with Gasteiger partial charge in [0, 0.05) is 5.69 Å². The number of urea groups is 1. The Morgan fingerprint density at radius 3 is 2.42 bits per heavy atom. The van der Waals surface area contributed by atoms with Gasteiger partial charge in [-0.3, -0.25) is 4.79 Å². The fourth-order valence-electron chi connectivity index (χ4n) is 3.74. The highest BCUT2D eigenvalue weighted by molar-refractivity contribution is 6.06. The fraction of sp³-hybridized carbons (Fsp3) is 0.600. The SMILES string of the molecule is CC(C)CC[C@]1(C)NC(=O)N(C[NH+]2CCN(c3ccccc3)CC2)C1=O. The monoisotopic (exact) mass is 359 g/mol. The number of benzene rings is 1. The van der Waals surface area contributed by atoms with E-state index in [1.54, 1.807) is 0 Å². The zero-order chi connectivity index (χ0) is 18.7. The number of para-hydroxylation sites is 1. The Morgan fingerprint density at radius 2 is 1.81 bits per heavy atom. The molecular weight excluding hydrogens is 328 g/mol. The highest BCUT2D eigenvalue weighted by Crippen LogP contribution is 2.24. The number of piperazine rings is 1. The van der Waals surface area contributed by atoms with Crippen LogP contribution in [-0.2, 0) is 4.79 Å². The average Bonchev–Trinajstić information content (AvgIpc) is 2.85. The number of amides is 3. The molecule has 1 aromatic rings. The van der Waals surface area contributed by atoms with Crippen LogP contribution in [0.2, 0.25) is 0 Å². The van der Waals surface area contributed by atoms with E-state index in [9.17, 15) is 9.59 Å². The number of carbonyl (C=O) groups is 2. The zero-order valence-electron chi connectivity index (χ0n) is 16.1. The second kappa shape index (κ2) is 7.66. The number of rotatable bonds is 6. The maximum Gasteiger partial charge on any atom is 0.329 e. The molecule has 3 amide bonds. The number of imide groups is 1. The van der Waals surface area contributed by atoms with Gasteiger partial charge >= 0.3 is 6.03 Å². The van der Waals surface area contributed by atoms with E-state index in [1.165, 1.54) is 15.5 Å². The van der Waals surface area contributed by atoms with Crippen LogP contribution in [0.25, 0.3) is 0 Å². The van der Waals surface area contributed by atoms with Crippen LogP contribution in [0.3, 0.4) is 0 Å². The van der Waals surface area contributed by atoms with E-state index < -0.39 is 5.54 Å². The zero-order valence-corrected chi connectivity index (χ0v) is 16.1. The molecule has 6 heteroatoms. The molecule has 6 nitrogen and oxygen atoms in total. The Hall–Kier alpha value is -2.08. The van der Waals surface area contributed by atoms with Crippen LogP contribution in [-0.4, -0.2) is 55.2 Å². The van der Waals surface area contributed by atoms with Crippen molar-refractivity contribution in [1.82, 2.24) is 10.2 Å². The van der Waals surface area contributed by atoms with Crippen molar-refractivity contribution in [3.05, 3.63) is 30.3 Å². The van der Waals surface area contributed by atoms with Gasteiger partial charge in [0.15, 0.2) is 6.67 Å². The first-order valence-electron chi connectivity index (χ1n) is 9.67. The molecule has 0 unspecified atom stereocenters. The van der Waals surface area contributed by atoms with Crippen LogP contribution in [0.5, 0.6) is 0 Å². The summed E-state index contributed by atoms with van der Waals surface area (Å²) in [5, 5.41) is 2.92. The van der Waals surface area contributed by atoms with Gasteiger partial charge in [0.25, 0.3) is 5.91 Å². The topological polar surface area (TPSA) is 57.1 Å². The van der Waals surface area contributed by atoms with E-state index in [4.69, 9.17) is 0 Å². The average molecular weight is 359 g/mol. The van der Waals surface area contributed by atoms with Crippen molar-refractivity contribution in [2.45, 2.75) is 39.2 Å². The molecule has 2 N–H and O–H groups in total. The third-order valence-corrected chi connectivity index (χ3v) is 5.54. The first-order valence-corrected chi connectivity index (χ1v) is 9.67. The lowest BCUT2D eigenvalue weighted by Gasteiger charge is -2.34. The molecule has 2 heterocycles.